The van der Waals surface area contributed by atoms with E-state index in [0.717, 1.165) is 0 Å². The predicted molar refractivity (Wildman–Crippen MR) is 393 cm³/mol. The molecule has 46 heteroatoms. The molecule has 0 aliphatic heterocycles. The number of anilines is 6. The monoisotopic (exact) mass is 1510 g/mol. The van der Waals surface area contributed by atoms with E-state index in [0.29, 0.717) is 12.8 Å². The average molecular weight is 1510 g/mol. The molecule has 46 nitrogen and oxygen atoms in total. The molecule has 109 heavy (non-hydrogen) atoms. The third kappa shape index (κ3) is 21.7. The molecular formula is C63H87N33O13. The van der Waals surface area contributed by atoms with Crippen molar-refractivity contribution in [2.75, 3.05) is 40.9 Å². The van der Waals surface area contributed by atoms with E-state index in [1.54, 1.807) is 4.57 Å². The molecule has 0 unspecified atom stereocenters. The smallest absolute Gasteiger partial charge is 0.349 e. The van der Waals surface area contributed by atoms with Gasteiger partial charge in [-0.1, -0.05) is 0 Å². The topological polar surface area (TPSA) is 721 Å². The van der Waals surface area contributed by atoms with Crippen molar-refractivity contribution in [2.45, 2.75) is 178 Å². The highest BCUT2D eigenvalue weighted by Gasteiger charge is 2.34. The zero-order valence-corrected chi connectivity index (χ0v) is 59.0. The van der Waals surface area contributed by atoms with Gasteiger partial charge in [-0.25, -0.2) is 29.3 Å². The van der Waals surface area contributed by atoms with Gasteiger partial charge in [-0.3, -0.25) is 76.6 Å². The van der Waals surface area contributed by atoms with E-state index in [4.69, 9.17) is 51.6 Å². The summed E-state index contributed by atoms with van der Waals surface area (Å²) in [5.41, 5.74) is 49.0. The molecule has 0 aromatic carbocycles. The van der Waals surface area contributed by atoms with E-state index < -0.39 is 117 Å². The minimum absolute atomic E-state index is 0.00761. The standard InChI is InChI=1S/C63H87N33O13/c64-19-2-1-10-33(45(69)97)76-50(99)35(11-4-20-91-26-16-39(66)82-61(91)107)78-52(101)37(13-6-22-93-28-18-41(68)84-63(93)109)80-54(103)38(15-8-25-96-31-75-44-48(96)87-60(72)90-57(44)106)81-53(102)36(12-5-21-92-27-17-40(67)83-62(92)108)79-51(100)34(14-7-24-95-30-74-43-47(95)86-59(71)89-56(43)105)77-49(98)32(65)9-3-23-94-29-73-42-46(94)85-58(70)88-55(42)104/h16-18,26-38H,1-15,19-25,64-65H2,(H2,69,97)(H,76,99)(H,77,98)(H,78,101)(H,79,100)(H,80,103)(H,81,102)(H2,66,82,107)(H2,67,83,108)(H2,68,84,109)(H3,70,85,88,104)(H3,71,86,89,105)(H3,72,87,90,106)/t32-,33-,34-,35-,36-,37-,38-/m1/s1. The zero-order valence-electron chi connectivity index (χ0n) is 59.0. The number of primary amides is 1. The highest BCUT2D eigenvalue weighted by Crippen LogP contribution is 2.16. The van der Waals surface area contributed by atoms with Gasteiger partial charge < -0.3 is 97.2 Å². The summed E-state index contributed by atoms with van der Waals surface area (Å²) < 4.78 is 8.11. The Labute approximate surface area is 615 Å². The van der Waals surface area contributed by atoms with E-state index >= 15 is 19.2 Å². The fourth-order valence-electron chi connectivity index (χ4n) is 11.9. The van der Waals surface area contributed by atoms with Crippen LogP contribution in [0.25, 0.3) is 33.5 Å². The van der Waals surface area contributed by atoms with Crippen LogP contribution in [0.5, 0.6) is 0 Å². The molecule has 0 aliphatic carbocycles. The fourth-order valence-corrected chi connectivity index (χ4v) is 11.9. The number of amides is 7. The number of aryl methyl sites for hydroxylation is 6. The number of nitrogens with zero attached hydrogens (tertiary/aromatic N) is 15. The summed E-state index contributed by atoms with van der Waals surface area (Å²) >= 11 is 0. The maximum atomic E-state index is 15.4. The summed E-state index contributed by atoms with van der Waals surface area (Å²) in [7, 11) is 0. The van der Waals surface area contributed by atoms with Crippen LogP contribution in [0.2, 0.25) is 0 Å². The number of nitrogens with two attached hydrogens (primary N) is 9. The molecule has 0 fully saturated rings. The van der Waals surface area contributed by atoms with E-state index in [9.17, 15) is 43.2 Å². The largest absolute Gasteiger partial charge is 0.383 e. The summed E-state index contributed by atoms with van der Waals surface area (Å²) in [6.45, 7) is 0.190. The van der Waals surface area contributed by atoms with Crippen LogP contribution in [0.1, 0.15) is 96.3 Å². The lowest BCUT2D eigenvalue weighted by molar-refractivity contribution is -0.135. The Morgan fingerprint density at radius 3 is 0.908 bits per heavy atom. The first-order valence-electron chi connectivity index (χ1n) is 34.8. The van der Waals surface area contributed by atoms with Crippen molar-refractivity contribution in [3.05, 3.63) is 118 Å². The number of hydrogen-bond acceptors (Lipinski definition) is 30. The van der Waals surface area contributed by atoms with Gasteiger partial charge in [0, 0.05) is 57.9 Å². The molecule has 9 aromatic rings. The average Bonchev–Trinajstić information content (AvgIpc) is 1.68. The number of H-pyrrole nitrogens is 3. The molecule has 9 aromatic heterocycles. The number of unbranched alkanes of at least 4 members (excludes halogenated alkanes) is 1. The highest BCUT2D eigenvalue weighted by atomic mass is 16.2. The molecule has 7 atom stereocenters. The number of nitrogen functional groups attached to an aromatic ring is 6. The molecule has 582 valence electrons. The van der Waals surface area contributed by atoms with Crippen LogP contribution in [0, 0.1) is 0 Å². The van der Waals surface area contributed by atoms with Gasteiger partial charge in [0.25, 0.3) is 16.7 Å². The van der Waals surface area contributed by atoms with Crippen molar-refractivity contribution < 1.29 is 33.6 Å². The number of fused-ring (bicyclic) bond motifs is 3. The van der Waals surface area contributed by atoms with E-state index in [1.165, 1.54) is 78.6 Å². The summed E-state index contributed by atoms with van der Waals surface area (Å²) in [5, 5.41) is 16.2. The molecule has 0 saturated carbocycles. The second kappa shape index (κ2) is 37.1. The van der Waals surface area contributed by atoms with Crippen LogP contribution in [-0.2, 0) is 72.8 Å². The molecule has 0 aliphatic rings. The maximum Gasteiger partial charge on any atom is 0.349 e. The Morgan fingerprint density at radius 1 is 0.358 bits per heavy atom. The predicted octanol–water partition coefficient (Wildman–Crippen LogP) is -6.82. The third-order valence-corrected chi connectivity index (χ3v) is 17.6. The zero-order chi connectivity index (χ0) is 78.6. The van der Waals surface area contributed by atoms with Crippen molar-refractivity contribution in [1.82, 2.24) is 119 Å². The van der Waals surface area contributed by atoms with Crippen LogP contribution >= 0.6 is 0 Å². The van der Waals surface area contributed by atoms with Crippen molar-refractivity contribution in [3.63, 3.8) is 0 Å². The molecule has 9 heterocycles. The first-order valence-corrected chi connectivity index (χ1v) is 34.8. The third-order valence-electron chi connectivity index (χ3n) is 17.6. The summed E-state index contributed by atoms with van der Waals surface area (Å²) in [6, 6.07) is -6.31. The van der Waals surface area contributed by atoms with E-state index in [1.807, 2.05) is 0 Å². The van der Waals surface area contributed by atoms with E-state index in [2.05, 4.69) is 91.7 Å². The minimum Gasteiger partial charge on any atom is -0.383 e. The Hall–Kier alpha value is -13.3. The van der Waals surface area contributed by atoms with Gasteiger partial charge in [0.1, 0.15) is 53.7 Å². The Morgan fingerprint density at radius 2 is 0.624 bits per heavy atom. The lowest BCUT2D eigenvalue weighted by Crippen LogP contribution is -2.60. The number of aromatic amines is 3. The Balaban J connectivity index is 1.03. The molecule has 0 spiro atoms. The fraction of sp³-hybridized carbons (Fsp3) is 0.460. The molecule has 0 saturated heterocycles. The van der Waals surface area contributed by atoms with Gasteiger partial charge >= 0.3 is 17.1 Å². The summed E-state index contributed by atoms with van der Waals surface area (Å²) in [4.78, 5) is 223. The SMILES string of the molecule is NCCCC[C@@H](NC(=O)[C@@H](CCCn1ccc(N)nc1=O)NC(=O)[C@@H](CCCn1ccc(N)nc1=O)NC(=O)[C@@H](CCCn1cnc2c(=O)[nH]c(N)nc21)NC(=O)[C@@H](CCCn1ccc(N)nc1=O)NC(=O)[C@@H](CCCn1cnc2c(=O)[nH]c(N)nc21)NC(=O)[C@H](N)CCCn1cnc2c(=O)[nH]c(N)nc21)C(N)=O. The van der Waals surface area contributed by atoms with Gasteiger partial charge in [-0.15, -0.1) is 0 Å². The second-order valence-corrected chi connectivity index (χ2v) is 25.7. The highest BCUT2D eigenvalue weighted by molar-refractivity contribution is 5.97. The van der Waals surface area contributed by atoms with Gasteiger partial charge in [0.2, 0.25) is 59.2 Å². The van der Waals surface area contributed by atoms with Gasteiger partial charge in [0.05, 0.1) is 25.0 Å². The second-order valence-electron chi connectivity index (χ2n) is 25.7. The molecule has 7 amide bonds. The first kappa shape index (κ1) is 79.8. The van der Waals surface area contributed by atoms with Crippen molar-refractivity contribution in [2.24, 2.45) is 17.2 Å². The number of carbonyl (C=O) groups excluding carboxylic acids is 7. The number of hydrogen-bond donors (Lipinski definition) is 18. The van der Waals surface area contributed by atoms with Crippen molar-refractivity contribution in [3.8, 4) is 0 Å². The lowest BCUT2D eigenvalue weighted by Gasteiger charge is -2.28. The van der Waals surface area contributed by atoms with Crippen LogP contribution in [0.4, 0.5) is 35.3 Å². The number of carbonyl (C=O) groups is 7. The van der Waals surface area contributed by atoms with Crippen molar-refractivity contribution in [1.29, 1.82) is 0 Å². The summed E-state index contributed by atoms with van der Waals surface area (Å²) in [6.07, 6.45) is 7.98. The number of aromatic nitrogens is 18. The molecule has 9 rings (SSSR count). The van der Waals surface area contributed by atoms with Crippen LogP contribution < -0.4 is 117 Å². The molecule has 0 bridgehead atoms. The van der Waals surface area contributed by atoms with Gasteiger partial charge in [-0.05, 0) is 121 Å². The first-order chi connectivity index (χ1) is 52.1. The quantitative estimate of drug-likeness (QED) is 0.0158. The minimum atomic E-state index is -1.66. The van der Waals surface area contributed by atoms with Gasteiger partial charge in [-0.2, -0.15) is 29.9 Å². The lowest BCUT2D eigenvalue weighted by atomic mass is 10.0. The Kier molecular flexibility index (Phi) is 27.2. The number of nitrogens with one attached hydrogen (secondary N) is 9. The van der Waals surface area contributed by atoms with Crippen LogP contribution in [0.3, 0.4) is 0 Å². The molecule has 27 N–H and O–H groups in total. The van der Waals surface area contributed by atoms with E-state index in [-0.39, 0.29) is 198 Å². The molecule has 0 radical (unpaired) electrons. The normalized spacial score (nSPS) is 13.4. The maximum absolute atomic E-state index is 15.4. The van der Waals surface area contributed by atoms with Crippen molar-refractivity contribution >= 4 is 110 Å². The molecular weight excluding hydrogens is 1430 g/mol. The summed E-state index contributed by atoms with van der Waals surface area (Å²) in [5.74, 6) is -7.36. The van der Waals surface area contributed by atoms with Gasteiger partial charge in [0.15, 0.2) is 33.5 Å². The Bertz CT molecular complexity index is 5150. The van der Waals surface area contributed by atoms with Crippen LogP contribution in [0.15, 0.2) is 84.5 Å². The van der Waals surface area contributed by atoms with Crippen LogP contribution in [-0.4, -0.2) is 177 Å². The number of imidazole rings is 3. The number of rotatable bonds is 41.